The Balaban J connectivity index is 2.83. The van der Waals surface area contributed by atoms with E-state index in [0.717, 1.165) is 24.5 Å². The third kappa shape index (κ3) is 3.52. The fraction of sp³-hybridized carbons (Fsp3) is 0.727. The molecule has 0 bridgehead atoms. The average Bonchev–Trinajstić information content (AvgIpc) is 2.70. The van der Waals surface area contributed by atoms with Crippen molar-refractivity contribution in [2.24, 2.45) is 0 Å². The molecule has 1 rings (SSSR count). The van der Waals surface area contributed by atoms with E-state index < -0.39 is 12.1 Å². The second-order valence-corrected chi connectivity index (χ2v) is 3.62. The fourth-order valence-electron chi connectivity index (χ4n) is 1.54. The van der Waals surface area contributed by atoms with Gasteiger partial charge in [-0.15, -0.1) is 0 Å². The summed E-state index contributed by atoms with van der Waals surface area (Å²) in [7, 11) is 0. The van der Waals surface area contributed by atoms with Crippen molar-refractivity contribution in [1.82, 2.24) is 14.8 Å². The van der Waals surface area contributed by atoms with Crippen LogP contribution in [-0.4, -0.2) is 38.6 Å². The third-order valence-electron chi connectivity index (χ3n) is 2.41. The molecule has 1 unspecified atom stereocenters. The topological polar surface area (TPSA) is 77.2 Å². The van der Waals surface area contributed by atoms with Crippen LogP contribution in [-0.2, 0) is 28.9 Å². The molecular weight excluding hydrogens is 222 g/mol. The highest BCUT2D eigenvalue weighted by molar-refractivity contribution is 5.72. The van der Waals surface area contributed by atoms with Crippen LogP contribution < -0.4 is 0 Å². The van der Waals surface area contributed by atoms with Crippen molar-refractivity contribution in [3.8, 4) is 0 Å². The molecule has 0 saturated heterocycles. The molecule has 6 nitrogen and oxygen atoms in total. The predicted octanol–water partition coefficient (Wildman–Crippen LogP) is 0.893. The molecule has 1 aromatic rings. The lowest BCUT2D eigenvalue weighted by Gasteiger charge is -2.13. The molecule has 0 fully saturated rings. The fourth-order valence-corrected chi connectivity index (χ4v) is 1.54. The van der Waals surface area contributed by atoms with Gasteiger partial charge in [-0.25, -0.2) is 14.5 Å². The highest BCUT2D eigenvalue weighted by Gasteiger charge is 2.20. The molecule has 0 spiro atoms. The Hall–Kier alpha value is -1.43. The molecule has 0 amide bonds. The Kier molecular flexibility index (Phi) is 5.09. The summed E-state index contributed by atoms with van der Waals surface area (Å²) in [4.78, 5) is 15.3. The van der Waals surface area contributed by atoms with E-state index in [1.54, 1.807) is 11.6 Å². The number of hydrogen-bond acceptors (Lipinski definition) is 4. The molecule has 1 heterocycles. The number of ether oxygens (including phenoxy) is 1. The summed E-state index contributed by atoms with van der Waals surface area (Å²) in [6.45, 7) is 6.29. The molecule has 0 aliphatic carbocycles. The van der Waals surface area contributed by atoms with Gasteiger partial charge in [-0.1, -0.05) is 13.8 Å². The first kappa shape index (κ1) is 13.6. The van der Waals surface area contributed by atoms with Crippen molar-refractivity contribution < 1.29 is 14.6 Å². The first-order valence-corrected chi connectivity index (χ1v) is 5.89. The van der Waals surface area contributed by atoms with Crippen LogP contribution in [0.4, 0.5) is 0 Å². The van der Waals surface area contributed by atoms with Crippen LogP contribution in [0, 0.1) is 0 Å². The summed E-state index contributed by atoms with van der Waals surface area (Å²) in [6.07, 6.45) is 0.606. The quantitative estimate of drug-likeness (QED) is 0.767. The molecule has 1 atom stereocenters. The minimum Gasteiger partial charge on any atom is -0.479 e. The molecule has 0 radical (unpaired) electrons. The highest BCUT2D eigenvalue weighted by atomic mass is 16.5. The largest absolute Gasteiger partial charge is 0.479 e. The lowest BCUT2D eigenvalue weighted by atomic mass is 10.3. The molecule has 0 aliphatic heterocycles. The van der Waals surface area contributed by atoms with Crippen LogP contribution in [0.25, 0.3) is 0 Å². The van der Waals surface area contributed by atoms with Gasteiger partial charge in [0.25, 0.3) is 0 Å². The van der Waals surface area contributed by atoms with E-state index in [1.165, 1.54) is 0 Å². The summed E-state index contributed by atoms with van der Waals surface area (Å²) < 4.78 is 6.79. The van der Waals surface area contributed by atoms with Crippen LogP contribution in [0.5, 0.6) is 0 Å². The van der Waals surface area contributed by atoms with Crippen LogP contribution >= 0.6 is 0 Å². The normalized spacial score (nSPS) is 12.6. The first-order valence-electron chi connectivity index (χ1n) is 5.89. The van der Waals surface area contributed by atoms with Gasteiger partial charge < -0.3 is 9.84 Å². The lowest BCUT2D eigenvalue weighted by Crippen LogP contribution is -2.30. The zero-order chi connectivity index (χ0) is 12.8. The van der Waals surface area contributed by atoms with Gasteiger partial charge in [0, 0.05) is 19.4 Å². The minimum absolute atomic E-state index is 0.208. The minimum atomic E-state index is -0.970. The van der Waals surface area contributed by atoms with Gasteiger partial charge in [0.05, 0.1) is 6.54 Å². The number of aryl methyl sites for hydroxylation is 2. The Bertz CT molecular complexity index is 376. The van der Waals surface area contributed by atoms with E-state index in [4.69, 9.17) is 9.84 Å². The summed E-state index contributed by atoms with van der Waals surface area (Å²) >= 11 is 0. The number of aliphatic carboxylic acids is 1. The van der Waals surface area contributed by atoms with E-state index in [2.05, 4.69) is 10.1 Å². The van der Waals surface area contributed by atoms with Gasteiger partial charge in [0.15, 0.2) is 11.9 Å². The molecule has 17 heavy (non-hydrogen) atoms. The monoisotopic (exact) mass is 241 g/mol. The van der Waals surface area contributed by atoms with Crippen LogP contribution in [0.3, 0.4) is 0 Å². The number of nitrogens with zero attached hydrogens (tertiary/aromatic N) is 3. The van der Waals surface area contributed by atoms with Crippen molar-refractivity contribution in [2.75, 3.05) is 6.61 Å². The SMILES string of the molecule is CCOC(Cn1nc(CC)nc1CC)C(=O)O. The van der Waals surface area contributed by atoms with Crippen molar-refractivity contribution in [3.05, 3.63) is 11.6 Å². The number of carboxylic acids is 1. The van der Waals surface area contributed by atoms with Gasteiger partial charge >= 0.3 is 5.97 Å². The van der Waals surface area contributed by atoms with Gasteiger partial charge in [0.1, 0.15) is 5.82 Å². The Labute approximate surface area is 101 Å². The maximum absolute atomic E-state index is 11.0. The number of carboxylic acid groups (broad SMARTS) is 1. The van der Waals surface area contributed by atoms with Crippen molar-refractivity contribution >= 4 is 5.97 Å². The molecule has 1 N–H and O–H groups in total. The summed E-state index contributed by atoms with van der Waals surface area (Å²) in [5, 5.41) is 13.3. The van der Waals surface area contributed by atoms with Gasteiger partial charge in [-0.2, -0.15) is 5.10 Å². The maximum Gasteiger partial charge on any atom is 0.334 e. The first-order chi connectivity index (χ1) is 8.12. The predicted molar refractivity (Wildman–Crippen MR) is 61.8 cm³/mol. The summed E-state index contributed by atoms with van der Waals surface area (Å²) in [5.74, 6) is 0.567. The number of rotatable bonds is 7. The van der Waals surface area contributed by atoms with Crippen LogP contribution in [0.1, 0.15) is 32.4 Å². The van der Waals surface area contributed by atoms with Crippen molar-refractivity contribution in [3.63, 3.8) is 0 Å². The van der Waals surface area contributed by atoms with Gasteiger partial charge in [-0.3, -0.25) is 0 Å². The zero-order valence-corrected chi connectivity index (χ0v) is 10.5. The van der Waals surface area contributed by atoms with Crippen molar-refractivity contribution in [1.29, 1.82) is 0 Å². The highest BCUT2D eigenvalue weighted by Crippen LogP contribution is 2.04. The molecular formula is C11H19N3O3. The number of carbonyl (C=O) groups is 1. The standard InChI is InChI=1S/C11H19N3O3/c1-4-9-12-10(5-2)14(13-9)7-8(11(15)16)17-6-3/h8H,4-7H2,1-3H3,(H,15,16). The van der Waals surface area contributed by atoms with Crippen LogP contribution in [0.2, 0.25) is 0 Å². The molecule has 0 saturated carbocycles. The number of aromatic nitrogens is 3. The van der Waals surface area contributed by atoms with Gasteiger partial charge in [-0.05, 0) is 6.92 Å². The van der Waals surface area contributed by atoms with E-state index in [-0.39, 0.29) is 6.54 Å². The second kappa shape index (κ2) is 6.34. The van der Waals surface area contributed by atoms with E-state index in [0.29, 0.717) is 6.61 Å². The Morgan fingerprint density at radius 2 is 2.12 bits per heavy atom. The number of hydrogen-bond donors (Lipinski definition) is 1. The lowest BCUT2D eigenvalue weighted by molar-refractivity contribution is -0.151. The van der Waals surface area contributed by atoms with E-state index in [9.17, 15) is 4.79 Å². The average molecular weight is 241 g/mol. The van der Waals surface area contributed by atoms with E-state index in [1.807, 2.05) is 13.8 Å². The van der Waals surface area contributed by atoms with Crippen LogP contribution in [0.15, 0.2) is 0 Å². The smallest absolute Gasteiger partial charge is 0.334 e. The van der Waals surface area contributed by atoms with E-state index >= 15 is 0 Å². The molecule has 6 heteroatoms. The summed E-state index contributed by atoms with van der Waals surface area (Å²) in [6, 6.07) is 0. The second-order valence-electron chi connectivity index (χ2n) is 3.62. The maximum atomic E-state index is 11.0. The Morgan fingerprint density at radius 3 is 2.59 bits per heavy atom. The molecule has 96 valence electrons. The molecule has 1 aromatic heterocycles. The molecule has 0 aromatic carbocycles. The third-order valence-corrected chi connectivity index (χ3v) is 2.41. The van der Waals surface area contributed by atoms with Crippen molar-refractivity contribution in [2.45, 2.75) is 46.3 Å². The van der Waals surface area contributed by atoms with Gasteiger partial charge in [0.2, 0.25) is 0 Å². The Morgan fingerprint density at radius 1 is 1.41 bits per heavy atom. The summed E-state index contributed by atoms with van der Waals surface area (Å²) in [5.41, 5.74) is 0. The molecule has 0 aliphatic rings. The zero-order valence-electron chi connectivity index (χ0n) is 10.5.